The number of hydrogen-bond donors (Lipinski definition) is 2. The van der Waals surface area contributed by atoms with Gasteiger partial charge in [0, 0.05) is 12.6 Å². The van der Waals surface area contributed by atoms with Crippen LogP contribution in [0.3, 0.4) is 0 Å². The molecule has 0 heterocycles. The highest BCUT2D eigenvalue weighted by molar-refractivity contribution is 5.43. The van der Waals surface area contributed by atoms with Crippen LogP contribution in [0.5, 0.6) is 11.5 Å². The van der Waals surface area contributed by atoms with Crippen molar-refractivity contribution in [3.05, 3.63) is 59.2 Å². The normalized spacial score (nSPS) is 12.0. The average Bonchev–Trinajstić information content (AvgIpc) is 2.60. The van der Waals surface area contributed by atoms with E-state index in [2.05, 4.69) is 18.3 Å². The van der Waals surface area contributed by atoms with Gasteiger partial charge in [0.25, 0.3) is 0 Å². The van der Waals surface area contributed by atoms with Crippen molar-refractivity contribution >= 4 is 0 Å². The molecule has 2 rings (SSSR count). The van der Waals surface area contributed by atoms with Crippen molar-refractivity contribution in [1.29, 1.82) is 0 Å². The van der Waals surface area contributed by atoms with Gasteiger partial charge in [0.2, 0.25) is 0 Å². The molecular weight excluding hydrogens is 290 g/mol. The molecule has 0 aliphatic carbocycles. The SMILES string of the molecule is CCOc1cc(CNC(C)c2cccc(CO)c2)ccc1OC. The molecule has 124 valence electrons. The first-order chi connectivity index (χ1) is 11.2. The van der Waals surface area contributed by atoms with E-state index >= 15 is 0 Å². The molecule has 0 saturated carbocycles. The zero-order valence-corrected chi connectivity index (χ0v) is 14.0. The number of aliphatic hydroxyl groups excluding tert-OH is 1. The largest absolute Gasteiger partial charge is 0.493 e. The van der Waals surface area contributed by atoms with Crippen molar-refractivity contribution in [2.45, 2.75) is 33.0 Å². The summed E-state index contributed by atoms with van der Waals surface area (Å²) in [4.78, 5) is 0. The van der Waals surface area contributed by atoms with E-state index < -0.39 is 0 Å². The lowest BCUT2D eigenvalue weighted by molar-refractivity contribution is 0.281. The van der Waals surface area contributed by atoms with Gasteiger partial charge in [-0.25, -0.2) is 0 Å². The van der Waals surface area contributed by atoms with E-state index in [0.717, 1.165) is 34.7 Å². The Morgan fingerprint density at radius 2 is 1.91 bits per heavy atom. The molecule has 0 aromatic heterocycles. The van der Waals surface area contributed by atoms with Gasteiger partial charge in [-0.1, -0.05) is 30.3 Å². The van der Waals surface area contributed by atoms with Crippen LogP contribution in [0.25, 0.3) is 0 Å². The fourth-order valence-electron chi connectivity index (χ4n) is 2.45. The second-order valence-electron chi connectivity index (χ2n) is 5.42. The van der Waals surface area contributed by atoms with Gasteiger partial charge in [-0.15, -0.1) is 0 Å². The molecule has 0 spiro atoms. The van der Waals surface area contributed by atoms with Gasteiger partial charge in [0.1, 0.15) is 0 Å². The maximum atomic E-state index is 9.24. The molecule has 0 aliphatic heterocycles. The molecule has 1 atom stereocenters. The second-order valence-corrected chi connectivity index (χ2v) is 5.42. The lowest BCUT2D eigenvalue weighted by Gasteiger charge is -2.16. The molecular formula is C19H25NO3. The zero-order chi connectivity index (χ0) is 16.7. The Kier molecular flexibility index (Phi) is 6.44. The number of nitrogens with one attached hydrogen (secondary N) is 1. The van der Waals surface area contributed by atoms with Gasteiger partial charge in [-0.3, -0.25) is 0 Å². The number of rotatable bonds is 8. The maximum absolute atomic E-state index is 9.24. The number of ether oxygens (including phenoxy) is 2. The molecule has 0 saturated heterocycles. The molecule has 4 heteroatoms. The van der Waals surface area contributed by atoms with E-state index in [9.17, 15) is 5.11 Å². The third-order valence-electron chi connectivity index (χ3n) is 3.77. The van der Waals surface area contributed by atoms with Gasteiger partial charge >= 0.3 is 0 Å². The van der Waals surface area contributed by atoms with Crippen LogP contribution in [0.4, 0.5) is 0 Å². The van der Waals surface area contributed by atoms with Crippen LogP contribution < -0.4 is 14.8 Å². The number of hydrogen-bond acceptors (Lipinski definition) is 4. The minimum Gasteiger partial charge on any atom is -0.493 e. The third kappa shape index (κ3) is 4.71. The van der Waals surface area contributed by atoms with Crippen molar-refractivity contribution in [1.82, 2.24) is 5.32 Å². The quantitative estimate of drug-likeness (QED) is 0.783. The average molecular weight is 315 g/mol. The number of aliphatic hydroxyl groups is 1. The Bertz CT molecular complexity index is 628. The molecule has 23 heavy (non-hydrogen) atoms. The van der Waals surface area contributed by atoms with Gasteiger partial charge in [-0.2, -0.15) is 0 Å². The molecule has 0 radical (unpaired) electrons. The summed E-state index contributed by atoms with van der Waals surface area (Å²) in [6.07, 6.45) is 0. The highest BCUT2D eigenvalue weighted by Gasteiger charge is 2.08. The van der Waals surface area contributed by atoms with Crippen molar-refractivity contribution in [3.63, 3.8) is 0 Å². The Balaban J connectivity index is 2.03. The summed E-state index contributed by atoms with van der Waals surface area (Å²) in [7, 11) is 1.64. The van der Waals surface area contributed by atoms with E-state index in [1.807, 2.05) is 43.3 Å². The van der Waals surface area contributed by atoms with Crippen LogP contribution >= 0.6 is 0 Å². The first-order valence-corrected chi connectivity index (χ1v) is 7.90. The lowest BCUT2D eigenvalue weighted by atomic mass is 10.0. The highest BCUT2D eigenvalue weighted by Crippen LogP contribution is 2.28. The minimum absolute atomic E-state index is 0.0662. The molecule has 4 nitrogen and oxygen atoms in total. The summed E-state index contributed by atoms with van der Waals surface area (Å²) >= 11 is 0. The van der Waals surface area contributed by atoms with Crippen LogP contribution in [-0.4, -0.2) is 18.8 Å². The lowest BCUT2D eigenvalue weighted by Crippen LogP contribution is -2.18. The monoisotopic (exact) mass is 315 g/mol. The van der Waals surface area contributed by atoms with E-state index in [1.54, 1.807) is 7.11 Å². The van der Waals surface area contributed by atoms with Gasteiger partial charge < -0.3 is 19.9 Å². The summed E-state index contributed by atoms with van der Waals surface area (Å²) in [5.74, 6) is 1.52. The maximum Gasteiger partial charge on any atom is 0.161 e. The van der Waals surface area contributed by atoms with Crippen LogP contribution in [-0.2, 0) is 13.2 Å². The van der Waals surface area contributed by atoms with Crippen molar-refractivity contribution in [2.75, 3.05) is 13.7 Å². The zero-order valence-electron chi connectivity index (χ0n) is 14.0. The Hall–Kier alpha value is -2.04. The predicted molar refractivity (Wildman–Crippen MR) is 91.8 cm³/mol. The summed E-state index contributed by atoms with van der Waals surface area (Å²) in [6.45, 7) is 5.48. The topological polar surface area (TPSA) is 50.7 Å². The highest BCUT2D eigenvalue weighted by atomic mass is 16.5. The molecule has 2 aromatic rings. The van der Waals surface area contributed by atoms with E-state index in [-0.39, 0.29) is 12.6 Å². The minimum atomic E-state index is 0.0662. The molecule has 0 aliphatic rings. The fraction of sp³-hybridized carbons (Fsp3) is 0.368. The van der Waals surface area contributed by atoms with Gasteiger partial charge in [-0.05, 0) is 42.7 Å². The van der Waals surface area contributed by atoms with Gasteiger partial charge in [0.15, 0.2) is 11.5 Å². The van der Waals surface area contributed by atoms with Gasteiger partial charge in [0.05, 0.1) is 20.3 Å². The molecule has 2 N–H and O–H groups in total. The molecule has 0 fully saturated rings. The second kappa shape index (κ2) is 8.56. The first kappa shape index (κ1) is 17.3. The first-order valence-electron chi connectivity index (χ1n) is 7.90. The smallest absolute Gasteiger partial charge is 0.161 e. The Labute approximate surface area is 138 Å². The van der Waals surface area contributed by atoms with E-state index in [4.69, 9.17) is 9.47 Å². The Morgan fingerprint density at radius 1 is 1.09 bits per heavy atom. The predicted octanol–water partition coefficient (Wildman–Crippen LogP) is 3.44. The Morgan fingerprint density at radius 3 is 2.61 bits per heavy atom. The number of methoxy groups -OCH3 is 1. The third-order valence-corrected chi connectivity index (χ3v) is 3.77. The fourth-order valence-corrected chi connectivity index (χ4v) is 2.45. The van der Waals surface area contributed by atoms with Crippen molar-refractivity contribution in [3.8, 4) is 11.5 Å². The molecule has 2 aromatic carbocycles. The van der Waals surface area contributed by atoms with Crippen LogP contribution in [0, 0.1) is 0 Å². The summed E-state index contributed by atoms with van der Waals surface area (Å²) in [6, 6.07) is 14.1. The van der Waals surface area contributed by atoms with Crippen molar-refractivity contribution < 1.29 is 14.6 Å². The molecule has 1 unspecified atom stereocenters. The summed E-state index contributed by atoms with van der Waals surface area (Å²) in [5, 5.41) is 12.7. The van der Waals surface area contributed by atoms with Crippen molar-refractivity contribution in [2.24, 2.45) is 0 Å². The number of benzene rings is 2. The molecule has 0 amide bonds. The molecule has 0 bridgehead atoms. The van der Waals surface area contributed by atoms with E-state index in [1.165, 1.54) is 0 Å². The summed E-state index contributed by atoms with van der Waals surface area (Å²) in [5.41, 5.74) is 3.23. The standard InChI is InChI=1S/C19H25NO3/c1-4-23-19-11-15(8-9-18(19)22-3)12-20-14(2)17-7-5-6-16(10-17)13-21/h5-11,14,20-21H,4,12-13H2,1-3H3. The van der Waals surface area contributed by atoms with Crippen LogP contribution in [0.15, 0.2) is 42.5 Å². The van der Waals surface area contributed by atoms with E-state index in [0.29, 0.717) is 6.61 Å². The van der Waals surface area contributed by atoms with Crippen LogP contribution in [0.1, 0.15) is 36.6 Å². The summed E-state index contributed by atoms with van der Waals surface area (Å²) < 4.78 is 10.9. The van der Waals surface area contributed by atoms with Crippen LogP contribution in [0.2, 0.25) is 0 Å².